The fraction of sp³-hybridized carbons (Fsp3) is 0.654. The van der Waals surface area contributed by atoms with Crippen LogP contribution in [0.2, 0.25) is 0 Å². The Balaban J connectivity index is 1.78. The van der Waals surface area contributed by atoms with Gasteiger partial charge in [-0.2, -0.15) is 0 Å². The van der Waals surface area contributed by atoms with E-state index < -0.39 is 41.6 Å². The molecule has 3 fully saturated rings. The number of carbonyl (C=O) groups is 3. The van der Waals surface area contributed by atoms with E-state index in [0.29, 0.717) is 18.5 Å². The molecular formula is C26H36N2O6. The average Bonchev–Trinajstić information content (AvgIpc) is 3.44. The summed E-state index contributed by atoms with van der Waals surface area (Å²) in [5.74, 6) is -2.68. The maximum Gasteiger partial charge on any atom is 0.312 e. The molecule has 2 unspecified atom stereocenters. The van der Waals surface area contributed by atoms with Gasteiger partial charge in [-0.3, -0.25) is 14.4 Å². The molecular weight excluding hydrogens is 436 g/mol. The van der Waals surface area contributed by atoms with Gasteiger partial charge in [-0.25, -0.2) is 0 Å². The van der Waals surface area contributed by atoms with Crippen molar-refractivity contribution in [3.63, 3.8) is 0 Å². The summed E-state index contributed by atoms with van der Waals surface area (Å²) in [6.45, 7) is 9.46. The van der Waals surface area contributed by atoms with Gasteiger partial charge in [0.05, 0.1) is 37.2 Å². The van der Waals surface area contributed by atoms with Crippen molar-refractivity contribution in [3.05, 3.63) is 29.3 Å². The lowest BCUT2D eigenvalue weighted by Crippen LogP contribution is -2.57. The highest BCUT2D eigenvalue weighted by Gasteiger charge is 2.75. The van der Waals surface area contributed by atoms with Gasteiger partial charge in [0.1, 0.15) is 11.6 Å². The van der Waals surface area contributed by atoms with Crippen LogP contribution < -0.4 is 5.32 Å². The first kappa shape index (κ1) is 24.7. The summed E-state index contributed by atoms with van der Waals surface area (Å²) < 4.78 is 11.7. The number of ether oxygens (including phenoxy) is 2. The number of amides is 2. The van der Waals surface area contributed by atoms with E-state index in [4.69, 9.17) is 9.47 Å². The first-order chi connectivity index (χ1) is 16.2. The van der Waals surface area contributed by atoms with Crippen LogP contribution in [-0.4, -0.2) is 64.8 Å². The van der Waals surface area contributed by atoms with Crippen molar-refractivity contribution < 1.29 is 29.0 Å². The zero-order valence-electron chi connectivity index (χ0n) is 20.7. The predicted molar refractivity (Wildman–Crippen MR) is 126 cm³/mol. The van der Waals surface area contributed by atoms with Crippen molar-refractivity contribution in [2.75, 3.05) is 18.5 Å². The monoisotopic (exact) mass is 472 g/mol. The number of aliphatic hydroxyl groups excluding tert-OH is 1. The number of para-hydroxylation sites is 1. The van der Waals surface area contributed by atoms with Crippen molar-refractivity contribution in [3.8, 4) is 0 Å². The Morgan fingerprint density at radius 2 is 1.97 bits per heavy atom. The van der Waals surface area contributed by atoms with Crippen molar-refractivity contribution in [1.82, 2.24) is 4.90 Å². The molecule has 7 atom stereocenters. The second kappa shape index (κ2) is 9.30. The number of carbonyl (C=O) groups excluding carboxylic acids is 3. The molecule has 2 bridgehead atoms. The molecule has 0 aromatic heterocycles. The Morgan fingerprint density at radius 3 is 2.56 bits per heavy atom. The fourth-order valence-corrected chi connectivity index (χ4v) is 6.27. The number of nitrogens with zero attached hydrogens (tertiary/aromatic N) is 1. The first-order valence-corrected chi connectivity index (χ1v) is 12.4. The minimum atomic E-state index is -1.11. The number of fused-ring (bicyclic) bond motifs is 1. The Bertz CT molecular complexity index is 960. The summed E-state index contributed by atoms with van der Waals surface area (Å²) in [6.07, 6.45) is 1.37. The van der Waals surface area contributed by atoms with E-state index >= 15 is 0 Å². The van der Waals surface area contributed by atoms with Crippen LogP contribution >= 0.6 is 0 Å². The molecule has 34 heavy (non-hydrogen) atoms. The molecule has 3 saturated heterocycles. The molecule has 1 spiro atoms. The minimum absolute atomic E-state index is 0.0436. The Kier molecular flexibility index (Phi) is 6.75. The normalized spacial score (nSPS) is 31.4. The number of esters is 1. The van der Waals surface area contributed by atoms with Gasteiger partial charge in [-0.1, -0.05) is 38.5 Å². The molecule has 3 heterocycles. The third kappa shape index (κ3) is 3.62. The molecule has 186 valence electrons. The van der Waals surface area contributed by atoms with Gasteiger partial charge < -0.3 is 24.8 Å². The third-order valence-corrected chi connectivity index (χ3v) is 8.12. The summed E-state index contributed by atoms with van der Waals surface area (Å²) in [6, 6.07) is 4.27. The van der Waals surface area contributed by atoms with Gasteiger partial charge in [0.25, 0.3) is 0 Å². The zero-order valence-corrected chi connectivity index (χ0v) is 20.7. The third-order valence-electron chi connectivity index (χ3n) is 8.12. The maximum atomic E-state index is 14.0. The molecule has 2 N–H and O–H groups in total. The standard InChI is InChI=1S/C26H36N2O6/c1-6-14(3)17(13-29)28-22(23(30)27-21-15(4)9-8-10-16(21)5)26-12-11-18(34-26)19(20(26)24(28)31)25(32)33-7-2/h8-10,14,17-20,22,29H,6-7,11-13H2,1-5H3,(H,27,30)/t14-,17-,18-,19+,20-,22?,26?/m0/s1. The lowest BCUT2D eigenvalue weighted by molar-refractivity contribution is -0.155. The van der Waals surface area contributed by atoms with Crippen LogP contribution in [0.3, 0.4) is 0 Å². The smallest absolute Gasteiger partial charge is 0.312 e. The quantitative estimate of drug-likeness (QED) is 0.564. The molecule has 0 aliphatic carbocycles. The van der Waals surface area contributed by atoms with Crippen LogP contribution in [0.1, 0.15) is 51.2 Å². The number of aryl methyl sites for hydroxylation is 2. The van der Waals surface area contributed by atoms with Crippen LogP contribution in [0.5, 0.6) is 0 Å². The first-order valence-electron chi connectivity index (χ1n) is 12.4. The molecule has 1 aromatic rings. The number of hydrogen-bond donors (Lipinski definition) is 2. The summed E-state index contributed by atoms with van der Waals surface area (Å²) in [5.41, 5.74) is 1.43. The van der Waals surface area contributed by atoms with Crippen LogP contribution in [0.15, 0.2) is 18.2 Å². The van der Waals surface area contributed by atoms with E-state index in [-0.39, 0.29) is 30.9 Å². The van der Waals surface area contributed by atoms with E-state index in [1.165, 1.54) is 4.90 Å². The fourth-order valence-electron chi connectivity index (χ4n) is 6.27. The number of benzene rings is 1. The van der Waals surface area contributed by atoms with Crippen LogP contribution in [0, 0.1) is 31.6 Å². The Morgan fingerprint density at radius 1 is 1.29 bits per heavy atom. The zero-order chi connectivity index (χ0) is 24.8. The largest absolute Gasteiger partial charge is 0.466 e. The van der Waals surface area contributed by atoms with Crippen molar-refractivity contribution in [2.45, 2.75) is 77.7 Å². The molecule has 3 aliphatic heterocycles. The second-order valence-corrected chi connectivity index (χ2v) is 9.94. The van der Waals surface area contributed by atoms with Crippen molar-refractivity contribution in [1.29, 1.82) is 0 Å². The summed E-state index contributed by atoms with van der Waals surface area (Å²) in [5, 5.41) is 13.4. The average molecular weight is 473 g/mol. The molecule has 0 saturated carbocycles. The summed E-state index contributed by atoms with van der Waals surface area (Å²) in [4.78, 5) is 42.3. The Hall–Kier alpha value is -2.45. The SMILES string of the molecule is CCOC(=O)[C@@H]1[C@@H]2CCC3(O2)C(C(=O)Nc2c(C)cccc2C)N([C@@H](CO)[C@@H](C)CC)C(=O)[C@H]13. The highest BCUT2D eigenvalue weighted by Crippen LogP contribution is 2.59. The van der Waals surface area contributed by atoms with E-state index in [0.717, 1.165) is 17.5 Å². The molecule has 2 amide bonds. The topological polar surface area (TPSA) is 105 Å². The maximum absolute atomic E-state index is 14.0. The van der Waals surface area contributed by atoms with Gasteiger partial charge in [0.15, 0.2) is 0 Å². The molecule has 4 rings (SSSR count). The highest BCUT2D eigenvalue weighted by atomic mass is 16.6. The van der Waals surface area contributed by atoms with Crippen molar-refractivity contribution >= 4 is 23.5 Å². The lowest BCUT2D eigenvalue weighted by atomic mass is 9.70. The molecule has 1 aromatic carbocycles. The van der Waals surface area contributed by atoms with E-state index in [2.05, 4.69) is 5.32 Å². The summed E-state index contributed by atoms with van der Waals surface area (Å²) in [7, 11) is 0. The lowest BCUT2D eigenvalue weighted by Gasteiger charge is -2.39. The van der Waals surface area contributed by atoms with Crippen LogP contribution in [0.25, 0.3) is 0 Å². The molecule has 0 radical (unpaired) electrons. The number of nitrogens with one attached hydrogen (secondary N) is 1. The number of rotatable bonds is 8. The predicted octanol–water partition coefficient (Wildman–Crippen LogP) is 2.59. The van der Waals surface area contributed by atoms with Gasteiger partial charge in [-0.15, -0.1) is 0 Å². The van der Waals surface area contributed by atoms with Crippen LogP contribution in [0.4, 0.5) is 5.69 Å². The highest BCUT2D eigenvalue weighted by molar-refractivity contribution is 6.04. The number of likely N-dealkylation sites (tertiary alicyclic amines) is 1. The second-order valence-electron chi connectivity index (χ2n) is 9.94. The van der Waals surface area contributed by atoms with E-state index in [1.807, 2.05) is 45.9 Å². The van der Waals surface area contributed by atoms with Gasteiger partial charge in [-0.05, 0) is 50.7 Å². The van der Waals surface area contributed by atoms with Gasteiger partial charge >= 0.3 is 5.97 Å². The summed E-state index contributed by atoms with van der Waals surface area (Å²) >= 11 is 0. The molecule has 8 heteroatoms. The number of anilines is 1. The van der Waals surface area contributed by atoms with Gasteiger partial charge in [0, 0.05) is 5.69 Å². The van der Waals surface area contributed by atoms with Gasteiger partial charge in [0.2, 0.25) is 11.8 Å². The van der Waals surface area contributed by atoms with Crippen LogP contribution in [-0.2, 0) is 23.9 Å². The van der Waals surface area contributed by atoms with E-state index in [9.17, 15) is 19.5 Å². The minimum Gasteiger partial charge on any atom is -0.466 e. The molecule has 3 aliphatic rings. The van der Waals surface area contributed by atoms with Crippen molar-refractivity contribution in [2.24, 2.45) is 17.8 Å². The number of aliphatic hydroxyl groups is 1. The molecule has 8 nitrogen and oxygen atoms in total. The Labute approximate surface area is 201 Å². The number of hydrogen-bond acceptors (Lipinski definition) is 6. The van der Waals surface area contributed by atoms with E-state index in [1.54, 1.807) is 6.92 Å².